The van der Waals surface area contributed by atoms with Crippen molar-refractivity contribution in [3.8, 4) is 0 Å². The largest absolute Gasteiger partial charge is 0.368 e. The number of rotatable bonds is 3. The van der Waals surface area contributed by atoms with E-state index >= 15 is 0 Å². The molecular formula is C13H27N3O. The minimum Gasteiger partial charge on any atom is -0.368 e. The summed E-state index contributed by atoms with van der Waals surface area (Å²) in [5.74, 6) is -0.364. The molecule has 17 heavy (non-hydrogen) atoms. The van der Waals surface area contributed by atoms with Crippen LogP contribution in [0.25, 0.3) is 0 Å². The molecule has 1 aliphatic carbocycles. The number of hydrogen-bond acceptors (Lipinski definition) is 3. The second-order valence-corrected chi connectivity index (χ2v) is 6.62. The van der Waals surface area contributed by atoms with Crippen molar-refractivity contribution in [1.29, 1.82) is 0 Å². The Hall–Kier alpha value is -0.610. The van der Waals surface area contributed by atoms with Crippen LogP contribution in [-0.4, -0.2) is 35.5 Å². The highest BCUT2D eigenvalue weighted by molar-refractivity contribution is 5.84. The first-order chi connectivity index (χ1) is 7.58. The van der Waals surface area contributed by atoms with E-state index in [9.17, 15) is 4.79 Å². The number of nitrogens with zero attached hydrogens (tertiary/aromatic N) is 1. The average Bonchev–Trinajstić information content (AvgIpc) is 2.59. The van der Waals surface area contributed by atoms with E-state index in [2.05, 4.69) is 39.6 Å². The number of amides is 1. The quantitative estimate of drug-likeness (QED) is 0.777. The molecule has 1 saturated carbocycles. The summed E-state index contributed by atoms with van der Waals surface area (Å²) in [6.45, 7) is 8.91. The smallest absolute Gasteiger partial charge is 0.237 e. The fourth-order valence-electron chi connectivity index (χ4n) is 2.55. The van der Waals surface area contributed by atoms with Crippen molar-refractivity contribution in [2.24, 2.45) is 16.9 Å². The molecule has 1 amide bonds. The van der Waals surface area contributed by atoms with Crippen LogP contribution in [0.4, 0.5) is 0 Å². The molecule has 4 heteroatoms. The molecule has 3 atom stereocenters. The fourth-order valence-corrected chi connectivity index (χ4v) is 2.55. The lowest BCUT2D eigenvalue weighted by Gasteiger charge is -2.39. The summed E-state index contributed by atoms with van der Waals surface area (Å²) in [4.78, 5) is 13.7. The topological polar surface area (TPSA) is 72.3 Å². The van der Waals surface area contributed by atoms with Gasteiger partial charge in [-0.05, 0) is 38.6 Å². The molecule has 1 rings (SSSR count). The molecule has 0 heterocycles. The Labute approximate surface area is 105 Å². The van der Waals surface area contributed by atoms with Gasteiger partial charge in [0.1, 0.15) is 0 Å². The van der Waals surface area contributed by atoms with Crippen molar-refractivity contribution in [1.82, 2.24) is 4.90 Å². The van der Waals surface area contributed by atoms with E-state index in [4.69, 9.17) is 11.5 Å². The third-order valence-electron chi connectivity index (χ3n) is 4.45. The molecule has 3 unspecified atom stereocenters. The van der Waals surface area contributed by atoms with E-state index < -0.39 is 5.54 Å². The third-order valence-corrected chi connectivity index (χ3v) is 4.45. The fraction of sp³-hybridized carbons (Fsp3) is 0.923. The van der Waals surface area contributed by atoms with Gasteiger partial charge in [0.05, 0.1) is 5.54 Å². The van der Waals surface area contributed by atoms with Gasteiger partial charge in [0.25, 0.3) is 0 Å². The summed E-state index contributed by atoms with van der Waals surface area (Å²) in [5.41, 5.74) is 10.8. The summed E-state index contributed by atoms with van der Waals surface area (Å²) in [6, 6.07) is 0.810. The minimum atomic E-state index is -0.795. The Morgan fingerprint density at radius 1 is 1.47 bits per heavy atom. The summed E-state index contributed by atoms with van der Waals surface area (Å²) in [5, 5.41) is 0. The molecule has 0 bridgehead atoms. The molecule has 0 aromatic heterocycles. The van der Waals surface area contributed by atoms with E-state index in [1.54, 1.807) is 0 Å². The molecule has 0 spiro atoms. The average molecular weight is 241 g/mol. The van der Waals surface area contributed by atoms with Gasteiger partial charge in [-0.25, -0.2) is 0 Å². The van der Waals surface area contributed by atoms with Gasteiger partial charge in [-0.2, -0.15) is 0 Å². The molecule has 1 aliphatic rings. The molecule has 0 radical (unpaired) electrons. The van der Waals surface area contributed by atoms with Crippen LogP contribution in [0.15, 0.2) is 0 Å². The lowest BCUT2D eigenvalue weighted by atomic mass is 9.86. The zero-order valence-electron chi connectivity index (χ0n) is 11.8. The van der Waals surface area contributed by atoms with Crippen molar-refractivity contribution in [2.75, 3.05) is 7.05 Å². The first-order valence-corrected chi connectivity index (χ1v) is 6.38. The Kier molecular flexibility index (Phi) is 3.89. The molecular weight excluding hydrogens is 214 g/mol. The second kappa shape index (κ2) is 4.58. The van der Waals surface area contributed by atoms with Gasteiger partial charge in [0.15, 0.2) is 0 Å². The summed E-state index contributed by atoms with van der Waals surface area (Å²) < 4.78 is 0. The van der Waals surface area contributed by atoms with Gasteiger partial charge < -0.3 is 16.4 Å². The van der Waals surface area contributed by atoms with E-state index in [1.807, 2.05) is 0 Å². The standard InChI is InChI=1S/C13H27N3O/c1-9(12(2,3)4)16(5)10-6-7-13(15,8-10)11(14)17/h9-10H,6-8,15H2,1-5H3,(H2,14,17). The van der Waals surface area contributed by atoms with Gasteiger partial charge in [-0.3, -0.25) is 4.79 Å². The zero-order valence-corrected chi connectivity index (χ0v) is 11.8. The number of carbonyl (C=O) groups is 1. The van der Waals surface area contributed by atoms with Crippen molar-refractivity contribution in [2.45, 2.75) is 64.6 Å². The predicted molar refractivity (Wildman–Crippen MR) is 70.4 cm³/mol. The molecule has 4 nitrogen and oxygen atoms in total. The highest BCUT2D eigenvalue weighted by Gasteiger charge is 2.43. The van der Waals surface area contributed by atoms with Gasteiger partial charge in [0.2, 0.25) is 5.91 Å². The maximum absolute atomic E-state index is 11.3. The number of primary amides is 1. The highest BCUT2D eigenvalue weighted by atomic mass is 16.1. The Balaban J connectivity index is 2.69. The monoisotopic (exact) mass is 241 g/mol. The predicted octanol–water partition coefficient (Wildman–Crippen LogP) is 1.09. The Morgan fingerprint density at radius 2 is 2.00 bits per heavy atom. The molecule has 1 fully saturated rings. The van der Waals surface area contributed by atoms with E-state index in [0.717, 1.165) is 6.42 Å². The summed E-state index contributed by atoms with van der Waals surface area (Å²) in [6.07, 6.45) is 2.34. The number of hydrogen-bond donors (Lipinski definition) is 2. The van der Waals surface area contributed by atoms with Crippen LogP contribution in [0.2, 0.25) is 0 Å². The molecule has 0 saturated heterocycles. The van der Waals surface area contributed by atoms with Gasteiger partial charge in [0, 0.05) is 12.1 Å². The van der Waals surface area contributed by atoms with Gasteiger partial charge >= 0.3 is 0 Å². The molecule has 0 aromatic rings. The summed E-state index contributed by atoms with van der Waals surface area (Å²) in [7, 11) is 2.12. The van der Waals surface area contributed by atoms with Crippen molar-refractivity contribution < 1.29 is 4.79 Å². The lowest BCUT2D eigenvalue weighted by Crippen LogP contribution is -2.52. The first kappa shape index (κ1) is 14.5. The maximum atomic E-state index is 11.3. The highest BCUT2D eigenvalue weighted by Crippen LogP contribution is 2.34. The van der Waals surface area contributed by atoms with Crippen LogP contribution in [0.1, 0.15) is 47.0 Å². The van der Waals surface area contributed by atoms with Crippen molar-refractivity contribution in [3.05, 3.63) is 0 Å². The second-order valence-electron chi connectivity index (χ2n) is 6.62. The van der Waals surface area contributed by atoms with E-state index in [-0.39, 0.29) is 11.3 Å². The van der Waals surface area contributed by atoms with Crippen LogP contribution in [-0.2, 0) is 4.79 Å². The summed E-state index contributed by atoms with van der Waals surface area (Å²) >= 11 is 0. The van der Waals surface area contributed by atoms with Crippen LogP contribution in [0.3, 0.4) is 0 Å². The van der Waals surface area contributed by atoms with Crippen LogP contribution in [0.5, 0.6) is 0 Å². The van der Waals surface area contributed by atoms with Gasteiger partial charge in [-0.15, -0.1) is 0 Å². The van der Waals surface area contributed by atoms with Crippen LogP contribution < -0.4 is 11.5 Å². The first-order valence-electron chi connectivity index (χ1n) is 6.38. The minimum absolute atomic E-state index is 0.224. The molecule has 0 aromatic carbocycles. The molecule has 4 N–H and O–H groups in total. The lowest BCUT2D eigenvalue weighted by molar-refractivity contribution is -0.123. The Morgan fingerprint density at radius 3 is 2.35 bits per heavy atom. The van der Waals surface area contributed by atoms with E-state index in [0.29, 0.717) is 24.9 Å². The molecule has 100 valence electrons. The van der Waals surface area contributed by atoms with E-state index in [1.165, 1.54) is 0 Å². The van der Waals surface area contributed by atoms with Crippen molar-refractivity contribution in [3.63, 3.8) is 0 Å². The number of carbonyl (C=O) groups excluding carboxylic acids is 1. The van der Waals surface area contributed by atoms with Crippen molar-refractivity contribution >= 4 is 5.91 Å². The van der Waals surface area contributed by atoms with Gasteiger partial charge in [-0.1, -0.05) is 20.8 Å². The number of nitrogens with two attached hydrogens (primary N) is 2. The van der Waals surface area contributed by atoms with Crippen LogP contribution in [0, 0.1) is 5.41 Å². The third kappa shape index (κ3) is 2.99. The molecule has 0 aliphatic heterocycles. The Bertz CT molecular complexity index is 298. The normalized spacial score (nSPS) is 31.8. The van der Waals surface area contributed by atoms with Crippen LogP contribution >= 0.6 is 0 Å². The maximum Gasteiger partial charge on any atom is 0.237 e. The SMILES string of the molecule is CC(N(C)C1CCC(N)(C(N)=O)C1)C(C)(C)C. The zero-order chi connectivity index (χ0) is 13.4.